The summed E-state index contributed by atoms with van der Waals surface area (Å²) in [6.45, 7) is 8.01. The smallest absolute Gasteiger partial charge is 0.407 e. The second kappa shape index (κ2) is 5.65. The van der Waals surface area contributed by atoms with E-state index in [9.17, 15) is 4.79 Å². The fourth-order valence-electron chi connectivity index (χ4n) is 0.875. The second-order valence-electron chi connectivity index (χ2n) is 4.27. The molecule has 0 radical (unpaired) electrons. The number of alkyl halides is 1. The molecule has 1 amide bonds. The van der Waals surface area contributed by atoms with Gasteiger partial charge in [0.1, 0.15) is 0 Å². The summed E-state index contributed by atoms with van der Waals surface area (Å²) in [6, 6.07) is 1.03. The van der Waals surface area contributed by atoms with Crippen molar-refractivity contribution in [2.45, 2.75) is 25.7 Å². The molecule has 78 valence electrons. The van der Waals surface area contributed by atoms with E-state index in [2.05, 4.69) is 35.6 Å². The molecule has 0 heterocycles. The first-order chi connectivity index (χ1) is 5.87. The molecule has 5 heteroatoms. The number of hydrogen-bond donors (Lipinski definition) is 1. The Morgan fingerprint density at radius 1 is 1.38 bits per heavy atom. The highest BCUT2D eigenvalue weighted by molar-refractivity contribution is 9.09. The van der Waals surface area contributed by atoms with E-state index in [4.69, 9.17) is 5.11 Å². The van der Waals surface area contributed by atoms with Gasteiger partial charge < -0.3 is 10.0 Å². The highest BCUT2D eigenvalue weighted by Gasteiger charge is 2.17. The van der Waals surface area contributed by atoms with Crippen LogP contribution in [-0.2, 0) is 0 Å². The Hall–Kier alpha value is -0.0331. The van der Waals surface area contributed by atoms with E-state index in [0.717, 1.165) is 6.04 Å². The van der Waals surface area contributed by atoms with Gasteiger partial charge in [-0.3, -0.25) is 0 Å². The highest BCUT2D eigenvalue weighted by atomic mass is 79.9. The summed E-state index contributed by atoms with van der Waals surface area (Å²) in [5, 5.41) is 9.54. The Morgan fingerprint density at radius 2 is 1.92 bits per heavy atom. The molecule has 0 unspecified atom stereocenters. The molecule has 0 fully saturated rings. The van der Waals surface area contributed by atoms with Crippen LogP contribution in [0.4, 0.5) is 4.79 Å². The minimum Gasteiger partial charge on any atom is -0.465 e. The van der Waals surface area contributed by atoms with Crippen LogP contribution in [-0.4, -0.2) is 42.6 Å². The lowest BCUT2D eigenvalue weighted by atomic mass is 10.5. The van der Waals surface area contributed by atoms with Crippen LogP contribution in [0.5, 0.6) is 0 Å². The van der Waals surface area contributed by atoms with Crippen molar-refractivity contribution in [3.63, 3.8) is 0 Å². The third-order valence-electron chi connectivity index (χ3n) is 1.76. The Labute approximate surface area is 89.3 Å². The Bertz CT molecular complexity index is 170. The number of carboxylic acid groups (broad SMARTS) is 1. The van der Waals surface area contributed by atoms with Crippen molar-refractivity contribution in [2.75, 3.05) is 18.4 Å². The zero-order valence-electron chi connectivity index (χ0n) is 8.51. The van der Waals surface area contributed by atoms with Crippen LogP contribution in [0.25, 0.3) is 0 Å². The summed E-state index contributed by atoms with van der Waals surface area (Å²) >= 11 is 3.25. The van der Waals surface area contributed by atoms with Gasteiger partial charge in [0.25, 0.3) is 0 Å². The van der Waals surface area contributed by atoms with Crippen molar-refractivity contribution in [1.82, 2.24) is 4.90 Å². The molecule has 0 aromatic rings. The van der Waals surface area contributed by atoms with E-state index >= 15 is 0 Å². The van der Waals surface area contributed by atoms with Gasteiger partial charge in [-0.25, -0.2) is 4.79 Å². The Kier molecular flexibility index (Phi) is 5.63. The summed E-state index contributed by atoms with van der Waals surface area (Å²) in [5.41, 5.74) is 0. The summed E-state index contributed by atoms with van der Waals surface area (Å²) in [7, 11) is -1.12. The Balaban J connectivity index is 3.90. The van der Waals surface area contributed by atoms with Gasteiger partial charge in [-0.05, 0) is 6.04 Å². The molecule has 0 aromatic carbocycles. The van der Waals surface area contributed by atoms with Crippen LogP contribution < -0.4 is 0 Å². The summed E-state index contributed by atoms with van der Waals surface area (Å²) in [5.74, 6) is 0. The molecule has 0 aliphatic rings. The van der Waals surface area contributed by atoms with Crippen LogP contribution in [0.1, 0.15) is 0 Å². The molecular formula is C8H18BrNO2Si. The third kappa shape index (κ3) is 7.07. The molecule has 0 bridgehead atoms. The summed E-state index contributed by atoms with van der Waals surface area (Å²) in [6.07, 6.45) is -0.808. The quantitative estimate of drug-likeness (QED) is 0.615. The molecule has 0 aromatic heterocycles. The number of carbonyl (C=O) groups is 1. The van der Waals surface area contributed by atoms with Crippen LogP contribution >= 0.6 is 15.9 Å². The van der Waals surface area contributed by atoms with Gasteiger partial charge in [0, 0.05) is 26.5 Å². The molecule has 0 aliphatic carbocycles. The van der Waals surface area contributed by atoms with Gasteiger partial charge in [0.05, 0.1) is 0 Å². The van der Waals surface area contributed by atoms with Crippen molar-refractivity contribution < 1.29 is 9.90 Å². The lowest BCUT2D eigenvalue weighted by Gasteiger charge is -2.22. The first-order valence-electron chi connectivity index (χ1n) is 4.40. The number of hydrogen-bond acceptors (Lipinski definition) is 1. The van der Waals surface area contributed by atoms with E-state index in [1.165, 1.54) is 4.90 Å². The molecule has 0 aliphatic heterocycles. The molecule has 0 rings (SSSR count). The number of nitrogens with zero attached hydrogens (tertiary/aromatic N) is 1. The van der Waals surface area contributed by atoms with E-state index < -0.39 is 14.2 Å². The van der Waals surface area contributed by atoms with Crippen molar-refractivity contribution in [1.29, 1.82) is 0 Å². The number of halogens is 1. The first kappa shape index (κ1) is 13.0. The standard InChI is InChI=1S/C8H18BrNO2Si/c1-13(2,3)7-6-10(5-4-9)8(11)12/h4-7H2,1-3H3,(H,11,12). The topological polar surface area (TPSA) is 40.5 Å². The SMILES string of the molecule is C[Si](C)(C)CCN(CCBr)C(=O)O. The number of rotatable bonds is 5. The zero-order valence-corrected chi connectivity index (χ0v) is 11.1. The summed E-state index contributed by atoms with van der Waals surface area (Å²) in [4.78, 5) is 12.2. The molecule has 0 saturated carbocycles. The van der Waals surface area contributed by atoms with Gasteiger partial charge in [-0.1, -0.05) is 35.6 Å². The Morgan fingerprint density at radius 3 is 2.23 bits per heavy atom. The molecule has 0 spiro atoms. The molecule has 0 atom stereocenters. The third-order valence-corrected chi connectivity index (χ3v) is 3.83. The minimum atomic E-state index is -1.12. The van der Waals surface area contributed by atoms with Gasteiger partial charge in [-0.2, -0.15) is 0 Å². The zero-order chi connectivity index (χ0) is 10.5. The second-order valence-corrected chi connectivity index (χ2v) is 10.7. The van der Waals surface area contributed by atoms with Gasteiger partial charge in [0.2, 0.25) is 0 Å². The monoisotopic (exact) mass is 267 g/mol. The first-order valence-corrected chi connectivity index (χ1v) is 9.23. The summed E-state index contributed by atoms with van der Waals surface area (Å²) < 4.78 is 0. The molecule has 13 heavy (non-hydrogen) atoms. The van der Waals surface area contributed by atoms with E-state index in [0.29, 0.717) is 18.4 Å². The van der Waals surface area contributed by atoms with Crippen LogP contribution in [0.15, 0.2) is 0 Å². The largest absolute Gasteiger partial charge is 0.465 e. The fraction of sp³-hybridized carbons (Fsp3) is 0.875. The van der Waals surface area contributed by atoms with E-state index in [1.807, 2.05) is 0 Å². The minimum absolute atomic E-state index is 0.583. The average molecular weight is 268 g/mol. The maximum absolute atomic E-state index is 10.7. The normalized spacial score (nSPS) is 11.4. The highest BCUT2D eigenvalue weighted by Crippen LogP contribution is 2.09. The van der Waals surface area contributed by atoms with Crippen molar-refractivity contribution in [3.05, 3.63) is 0 Å². The van der Waals surface area contributed by atoms with Gasteiger partial charge in [-0.15, -0.1) is 0 Å². The van der Waals surface area contributed by atoms with Crippen LogP contribution in [0.3, 0.4) is 0 Å². The predicted octanol–water partition coefficient (Wildman–Crippen LogP) is 2.70. The van der Waals surface area contributed by atoms with Crippen molar-refractivity contribution in [2.24, 2.45) is 0 Å². The van der Waals surface area contributed by atoms with Crippen LogP contribution in [0, 0.1) is 0 Å². The molecule has 3 nitrogen and oxygen atoms in total. The van der Waals surface area contributed by atoms with Gasteiger partial charge >= 0.3 is 6.09 Å². The lowest BCUT2D eigenvalue weighted by Crippen LogP contribution is -2.36. The van der Waals surface area contributed by atoms with Crippen LogP contribution in [0.2, 0.25) is 25.7 Å². The molecule has 0 saturated heterocycles. The fourth-order valence-corrected chi connectivity index (χ4v) is 2.24. The van der Waals surface area contributed by atoms with Crippen molar-refractivity contribution >= 4 is 30.1 Å². The van der Waals surface area contributed by atoms with E-state index in [-0.39, 0.29) is 0 Å². The lowest BCUT2D eigenvalue weighted by molar-refractivity contribution is 0.150. The molecule has 1 N–H and O–H groups in total. The number of amides is 1. The van der Waals surface area contributed by atoms with E-state index in [1.54, 1.807) is 0 Å². The average Bonchev–Trinajstić information content (AvgIpc) is 1.95. The van der Waals surface area contributed by atoms with Gasteiger partial charge in [0.15, 0.2) is 0 Å². The van der Waals surface area contributed by atoms with Crippen molar-refractivity contribution in [3.8, 4) is 0 Å². The maximum atomic E-state index is 10.7. The predicted molar refractivity (Wildman–Crippen MR) is 61.5 cm³/mol. The maximum Gasteiger partial charge on any atom is 0.407 e. The molecular weight excluding hydrogens is 250 g/mol.